The van der Waals surface area contributed by atoms with Gasteiger partial charge in [-0.1, -0.05) is 60.2 Å². The number of piperidine rings is 1. The molecule has 0 saturated carbocycles. The van der Waals surface area contributed by atoms with Gasteiger partial charge < -0.3 is 10.0 Å². The number of carboxylic acid groups (broad SMARTS) is 1. The molecule has 4 rings (SSSR count). The number of rotatable bonds is 7. The monoisotopic (exact) mass is 415 g/mol. The lowest BCUT2D eigenvalue weighted by Crippen LogP contribution is -2.35. The Labute approximate surface area is 183 Å². The minimum atomic E-state index is -0.966. The van der Waals surface area contributed by atoms with Crippen molar-refractivity contribution in [3.63, 3.8) is 0 Å². The predicted molar refractivity (Wildman–Crippen MR) is 123 cm³/mol. The quantitative estimate of drug-likeness (QED) is 0.604. The second-order valence-corrected chi connectivity index (χ2v) is 8.44. The molecule has 3 aromatic rings. The van der Waals surface area contributed by atoms with Gasteiger partial charge in [-0.2, -0.15) is 0 Å². The smallest absolute Gasteiger partial charge is 0.339 e. The molecule has 1 aliphatic rings. The van der Waals surface area contributed by atoms with Crippen LogP contribution in [0.25, 0.3) is 0 Å². The maximum Gasteiger partial charge on any atom is 0.339 e. The third kappa shape index (κ3) is 5.48. The first-order chi connectivity index (χ1) is 15.1. The van der Waals surface area contributed by atoms with Crippen LogP contribution < -0.4 is 4.90 Å². The molecule has 2 aromatic carbocycles. The number of hydrogen-bond acceptors (Lipinski definition) is 4. The van der Waals surface area contributed by atoms with Crippen molar-refractivity contribution < 1.29 is 9.90 Å². The molecule has 1 fully saturated rings. The summed E-state index contributed by atoms with van der Waals surface area (Å²) in [5.41, 5.74) is 4.61. The van der Waals surface area contributed by atoms with Crippen LogP contribution in [0, 0.1) is 12.8 Å². The van der Waals surface area contributed by atoms with E-state index in [-0.39, 0.29) is 5.56 Å². The summed E-state index contributed by atoms with van der Waals surface area (Å²) in [6.45, 7) is 3.87. The molecule has 160 valence electrons. The molecule has 1 saturated heterocycles. The van der Waals surface area contributed by atoms with E-state index >= 15 is 0 Å². The lowest BCUT2D eigenvalue weighted by atomic mass is 9.90. The van der Waals surface area contributed by atoms with Gasteiger partial charge in [0.2, 0.25) is 5.95 Å². The number of hydrogen-bond donors (Lipinski definition) is 1. The molecule has 0 spiro atoms. The number of nitrogens with zero attached hydrogens (tertiary/aromatic N) is 3. The van der Waals surface area contributed by atoms with Crippen molar-refractivity contribution in [3.8, 4) is 0 Å². The Balaban J connectivity index is 1.42. The average molecular weight is 416 g/mol. The minimum absolute atomic E-state index is 0.204. The van der Waals surface area contributed by atoms with Crippen molar-refractivity contribution >= 4 is 11.9 Å². The second kappa shape index (κ2) is 9.73. The van der Waals surface area contributed by atoms with Gasteiger partial charge in [0.05, 0.1) is 11.3 Å². The molecule has 31 heavy (non-hydrogen) atoms. The van der Waals surface area contributed by atoms with Gasteiger partial charge in [-0.15, -0.1) is 0 Å². The van der Waals surface area contributed by atoms with Gasteiger partial charge in [-0.3, -0.25) is 0 Å². The number of aromatic nitrogens is 2. The maximum absolute atomic E-state index is 11.7. The van der Waals surface area contributed by atoms with Gasteiger partial charge in [0, 0.05) is 19.3 Å². The Morgan fingerprint density at radius 3 is 2.39 bits per heavy atom. The van der Waals surface area contributed by atoms with Crippen molar-refractivity contribution in [2.75, 3.05) is 18.0 Å². The van der Waals surface area contributed by atoms with Crippen molar-refractivity contribution in [1.82, 2.24) is 9.97 Å². The highest BCUT2D eigenvalue weighted by atomic mass is 16.4. The molecular weight excluding hydrogens is 386 g/mol. The lowest BCUT2D eigenvalue weighted by molar-refractivity contribution is 0.0694. The normalized spacial score (nSPS) is 14.5. The fourth-order valence-electron chi connectivity index (χ4n) is 4.23. The SMILES string of the molecule is Cc1ccc(CCc2nc(N3CCC(Cc4ccccc4)CC3)ncc2C(=O)O)cc1. The molecule has 0 amide bonds. The number of carboxylic acids is 1. The van der Waals surface area contributed by atoms with Crippen LogP contribution in [-0.2, 0) is 19.3 Å². The highest BCUT2D eigenvalue weighted by Gasteiger charge is 2.23. The van der Waals surface area contributed by atoms with Crippen LogP contribution in [0.15, 0.2) is 60.8 Å². The zero-order chi connectivity index (χ0) is 21.6. The van der Waals surface area contributed by atoms with E-state index in [1.54, 1.807) is 0 Å². The summed E-state index contributed by atoms with van der Waals surface area (Å²) in [6.07, 6.45) is 6.12. The summed E-state index contributed by atoms with van der Waals surface area (Å²) in [5.74, 6) is 0.354. The summed E-state index contributed by atoms with van der Waals surface area (Å²) in [6, 6.07) is 19.0. The maximum atomic E-state index is 11.7. The van der Waals surface area contributed by atoms with E-state index in [1.807, 2.05) is 0 Å². The van der Waals surface area contributed by atoms with Crippen LogP contribution >= 0.6 is 0 Å². The zero-order valence-corrected chi connectivity index (χ0v) is 18.0. The predicted octanol–water partition coefficient (Wildman–Crippen LogP) is 4.73. The molecule has 0 aliphatic carbocycles. The molecule has 0 atom stereocenters. The van der Waals surface area contributed by atoms with E-state index in [9.17, 15) is 9.90 Å². The summed E-state index contributed by atoms with van der Waals surface area (Å²) in [5, 5.41) is 9.58. The molecule has 5 heteroatoms. The molecular formula is C26H29N3O2. The first-order valence-electron chi connectivity index (χ1n) is 11.0. The highest BCUT2D eigenvalue weighted by molar-refractivity contribution is 5.88. The second-order valence-electron chi connectivity index (χ2n) is 8.44. The summed E-state index contributed by atoms with van der Waals surface area (Å²) in [4.78, 5) is 23.0. The average Bonchev–Trinajstić information content (AvgIpc) is 2.79. The molecule has 0 bridgehead atoms. The number of carbonyl (C=O) groups is 1. The Kier molecular flexibility index (Phi) is 6.60. The first kappa shape index (κ1) is 21.0. The van der Waals surface area contributed by atoms with Crippen molar-refractivity contribution in [2.45, 2.75) is 39.0 Å². The summed E-state index contributed by atoms with van der Waals surface area (Å²) >= 11 is 0. The molecule has 0 radical (unpaired) electrons. The van der Waals surface area contributed by atoms with E-state index < -0.39 is 5.97 Å². The van der Waals surface area contributed by atoms with E-state index in [4.69, 9.17) is 4.98 Å². The number of benzene rings is 2. The summed E-state index contributed by atoms with van der Waals surface area (Å²) in [7, 11) is 0. The fourth-order valence-corrected chi connectivity index (χ4v) is 4.23. The largest absolute Gasteiger partial charge is 0.478 e. The van der Waals surface area contributed by atoms with Crippen molar-refractivity contribution in [1.29, 1.82) is 0 Å². The Bertz CT molecular complexity index is 1010. The zero-order valence-electron chi connectivity index (χ0n) is 18.0. The third-order valence-corrected chi connectivity index (χ3v) is 6.12. The fraction of sp³-hybridized carbons (Fsp3) is 0.346. The van der Waals surface area contributed by atoms with E-state index in [0.29, 0.717) is 24.0 Å². The molecule has 2 heterocycles. The van der Waals surface area contributed by atoms with Crippen LogP contribution in [0.3, 0.4) is 0 Å². The minimum Gasteiger partial charge on any atom is -0.478 e. The highest BCUT2D eigenvalue weighted by Crippen LogP contribution is 2.25. The molecule has 1 N–H and O–H groups in total. The topological polar surface area (TPSA) is 66.3 Å². The third-order valence-electron chi connectivity index (χ3n) is 6.12. The van der Waals surface area contributed by atoms with E-state index in [0.717, 1.165) is 38.8 Å². The van der Waals surface area contributed by atoms with Gasteiger partial charge in [-0.25, -0.2) is 14.8 Å². The van der Waals surface area contributed by atoms with Crippen molar-refractivity contribution in [2.24, 2.45) is 5.92 Å². The van der Waals surface area contributed by atoms with Crippen LogP contribution in [0.5, 0.6) is 0 Å². The molecule has 5 nitrogen and oxygen atoms in total. The van der Waals surface area contributed by atoms with Crippen LogP contribution in [0.1, 0.15) is 45.6 Å². The lowest BCUT2D eigenvalue weighted by Gasteiger charge is -2.32. The Morgan fingerprint density at radius 1 is 1.00 bits per heavy atom. The number of anilines is 1. The Morgan fingerprint density at radius 2 is 1.71 bits per heavy atom. The van der Waals surface area contributed by atoms with Gasteiger partial charge in [-0.05, 0) is 56.1 Å². The van der Waals surface area contributed by atoms with Crippen LogP contribution in [0.4, 0.5) is 5.95 Å². The van der Waals surface area contributed by atoms with Gasteiger partial charge in [0.15, 0.2) is 0 Å². The molecule has 0 unspecified atom stereocenters. The van der Waals surface area contributed by atoms with Gasteiger partial charge in [0.25, 0.3) is 0 Å². The van der Waals surface area contributed by atoms with E-state index in [1.165, 1.54) is 22.9 Å². The number of aromatic carboxylic acids is 1. The number of aryl methyl sites for hydroxylation is 3. The van der Waals surface area contributed by atoms with Crippen molar-refractivity contribution in [3.05, 3.63) is 88.7 Å². The first-order valence-corrected chi connectivity index (χ1v) is 11.0. The van der Waals surface area contributed by atoms with Crippen LogP contribution in [-0.4, -0.2) is 34.1 Å². The molecule has 1 aromatic heterocycles. The summed E-state index contributed by atoms with van der Waals surface area (Å²) < 4.78 is 0. The van der Waals surface area contributed by atoms with Gasteiger partial charge >= 0.3 is 5.97 Å². The molecule has 1 aliphatic heterocycles. The van der Waals surface area contributed by atoms with Gasteiger partial charge in [0.1, 0.15) is 0 Å². The van der Waals surface area contributed by atoms with E-state index in [2.05, 4.69) is 71.4 Å². The Hall–Kier alpha value is -3.21. The van der Waals surface area contributed by atoms with Crippen LogP contribution in [0.2, 0.25) is 0 Å². The standard InChI is InChI=1S/C26H29N3O2/c1-19-7-9-20(10-8-19)11-12-24-23(25(30)31)18-27-26(28-24)29-15-13-22(14-16-29)17-21-5-3-2-4-6-21/h2-10,18,22H,11-17H2,1H3,(H,30,31).